The lowest BCUT2D eigenvalue weighted by atomic mass is 10.0. The largest absolute Gasteiger partial charge is 0.478 e. The Labute approximate surface area is 116 Å². The van der Waals surface area contributed by atoms with Crippen LogP contribution in [0, 0.1) is 5.92 Å². The minimum Gasteiger partial charge on any atom is -0.478 e. The number of anilines is 1. The molecule has 0 aromatic heterocycles. The van der Waals surface area contributed by atoms with Crippen LogP contribution in [0.25, 0.3) is 0 Å². The Hall–Kier alpha value is -1.59. The fourth-order valence-corrected chi connectivity index (χ4v) is 2.27. The summed E-state index contributed by atoms with van der Waals surface area (Å²) in [5.41, 5.74) is 0.444. The summed E-state index contributed by atoms with van der Waals surface area (Å²) in [4.78, 5) is 22.7. The number of aromatic carboxylic acids is 1. The first-order chi connectivity index (χ1) is 9.06. The van der Waals surface area contributed by atoms with E-state index in [-0.39, 0.29) is 11.5 Å². The molecule has 2 rings (SSSR count). The maximum atomic E-state index is 11.9. The third-order valence-corrected chi connectivity index (χ3v) is 3.45. The monoisotopic (exact) mass is 282 g/mol. The molecule has 0 saturated carbocycles. The number of amides is 1. The molecular weight excluding hydrogens is 268 g/mol. The molecule has 1 aliphatic heterocycles. The van der Waals surface area contributed by atoms with Crippen LogP contribution >= 0.6 is 11.6 Å². The molecule has 0 spiro atoms. The quantitative estimate of drug-likeness (QED) is 0.789. The first kappa shape index (κ1) is 13.8. The summed E-state index contributed by atoms with van der Waals surface area (Å²) in [5.74, 6) is -0.855. The van der Waals surface area contributed by atoms with Crippen LogP contribution < -0.4 is 10.6 Å². The molecule has 19 heavy (non-hydrogen) atoms. The summed E-state index contributed by atoms with van der Waals surface area (Å²) in [5, 5.41) is 15.1. The molecule has 102 valence electrons. The van der Waals surface area contributed by atoms with Crippen molar-refractivity contribution in [2.75, 3.05) is 18.4 Å². The van der Waals surface area contributed by atoms with Crippen LogP contribution in [-0.2, 0) is 4.79 Å². The Morgan fingerprint density at radius 1 is 1.47 bits per heavy atom. The highest BCUT2D eigenvalue weighted by atomic mass is 35.5. The van der Waals surface area contributed by atoms with Crippen molar-refractivity contribution in [2.24, 2.45) is 5.92 Å². The van der Waals surface area contributed by atoms with Crippen LogP contribution in [0.15, 0.2) is 18.2 Å². The standard InChI is InChI=1S/C13H15ClN2O3/c14-10-2-1-9(13(18)19)6-11(10)16-12(17)5-8-3-4-15-7-8/h1-2,6,8,15H,3-5,7H2,(H,16,17)(H,18,19). The Morgan fingerprint density at radius 3 is 2.89 bits per heavy atom. The summed E-state index contributed by atoms with van der Waals surface area (Å²) in [7, 11) is 0. The van der Waals surface area contributed by atoms with Gasteiger partial charge in [-0.2, -0.15) is 0 Å². The van der Waals surface area contributed by atoms with Crippen LogP contribution in [0.4, 0.5) is 5.69 Å². The number of carboxylic acids is 1. The number of carbonyl (C=O) groups is 2. The average Bonchev–Trinajstić information content (AvgIpc) is 2.84. The van der Waals surface area contributed by atoms with Gasteiger partial charge in [0, 0.05) is 6.42 Å². The third-order valence-electron chi connectivity index (χ3n) is 3.12. The summed E-state index contributed by atoms with van der Waals surface area (Å²) in [6, 6.07) is 4.24. The predicted molar refractivity (Wildman–Crippen MR) is 72.6 cm³/mol. The minimum absolute atomic E-state index is 0.0993. The Morgan fingerprint density at radius 2 is 2.26 bits per heavy atom. The van der Waals surface area contributed by atoms with E-state index in [1.807, 2.05) is 0 Å². The molecule has 1 atom stereocenters. The molecule has 0 bridgehead atoms. The highest BCUT2D eigenvalue weighted by Gasteiger charge is 2.18. The summed E-state index contributed by atoms with van der Waals surface area (Å²) >= 11 is 5.94. The van der Waals surface area contributed by atoms with E-state index in [1.54, 1.807) is 0 Å². The molecular formula is C13H15ClN2O3. The van der Waals surface area contributed by atoms with Gasteiger partial charge in [-0.05, 0) is 43.6 Å². The highest BCUT2D eigenvalue weighted by molar-refractivity contribution is 6.33. The molecule has 6 heteroatoms. The van der Waals surface area contributed by atoms with Crippen LogP contribution in [0.1, 0.15) is 23.2 Å². The van der Waals surface area contributed by atoms with Gasteiger partial charge in [0.2, 0.25) is 5.91 Å². The van der Waals surface area contributed by atoms with Gasteiger partial charge in [0.1, 0.15) is 0 Å². The average molecular weight is 283 g/mol. The molecule has 3 N–H and O–H groups in total. The van der Waals surface area contributed by atoms with E-state index in [2.05, 4.69) is 10.6 Å². The Bertz CT molecular complexity index is 499. The molecule has 1 fully saturated rings. The van der Waals surface area contributed by atoms with Gasteiger partial charge in [0.25, 0.3) is 0 Å². The first-order valence-electron chi connectivity index (χ1n) is 6.09. The number of hydrogen-bond acceptors (Lipinski definition) is 3. The second kappa shape index (κ2) is 6.04. The van der Waals surface area contributed by atoms with E-state index < -0.39 is 5.97 Å². The van der Waals surface area contributed by atoms with Crippen molar-refractivity contribution in [2.45, 2.75) is 12.8 Å². The number of halogens is 1. The van der Waals surface area contributed by atoms with E-state index in [0.29, 0.717) is 23.0 Å². The van der Waals surface area contributed by atoms with Crippen molar-refractivity contribution in [3.8, 4) is 0 Å². The molecule has 1 aromatic carbocycles. The molecule has 1 unspecified atom stereocenters. The van der Waals surface area contributed by atoms with Gasteiger partial charge in [0.05, 0.1) is 16.3 Å². The van der Waals surface area contributed by atoms with E-state index in [0.717, 1.165) is 19.5 Å². The van der Waals surface area contributed by atoms with Gasteiger partial charge in [0.15, 0.2) is 0 Å². The van der Waals surface area contributed by atoms with Gasteiger partial charge >= 0.3 is 5.97 Å². The molecule has 1 aliphatic rings. The van der Waals surface area contributed by atoms with Crippen molar-refractivity contribution in [3.05, 3.63) is 28.8 Å². The third kappa shape index (κ3) is 3.68. The molecule has 1 saturated heterocycles. The zero-order chi connectivity index (χ0) is 13.8. The number of hydrogen-bond donors (Lipinski definition) is 3. The number of carboxylic acid groups (broad SMARTS) is 1. The number of rotatable bonds is 4. The van der Waals surface area contributed by atoms with E-state index in [1.165, 1.54) is 18.2 Å². The minimum atomic E-state index is -1.05. The summed E-state index contributed by atoms with van der Waals surface area (Å²) < 4.78 is 0. The maximum Gasteiger partial charge on any atom is 0.335 e. The van der Waals surface area contributed by atoms with Crippen LogP contribution in [-0.4, -0.2) is 30.1 Å². The van der Waals surface area contributed by atoms with E-state index >= 15 is 0 Å². The smallest absolute Gasteiger partial charge is 0.335 e. The second-order valence-corrected chi connectivity index (χ2v) is 5.02. The molecule has 0 radical (unpaired) electrons. The molecule has 1 heterocycles. The Kier molecular flexibility index (Phi) is 4.39. The molecule has 0 aliphatic carbocycles. The summed E-state index contributed by atoms with van der Waals surface area (Å²) in [6.07, 6.45) is 1.40. The lowest BCUT2D eigenvalue weighted by Gasteiger charge is -2.11. The van der Waals surface area contributed by atoms with Crippen molar-refractivity contribution in [1.82, 2.24) is 5.32 Å². The van der Waals surface area contributed by atoms with Gasteiger partial charge in [-0.15, -0.1) is 0 Å². The molecule has 5 nitrogen and oxygen atoms in total. The number of nitrogens with one attached hydrogen (secondary N) is 2. The van der Waals surface area contributed by atoms with Crippen molar-refractivity contribution >= 4 is 29.2 Å². The van der Waals surface area contributed by atoms with Gasteiger partial charge < -0.3 is 15.7 Å². The second-order valence-electron chi connectivity index (χ2n) is 4.61. The lowest BCUT2D eigenvalue weighted by Crippen LogP contribution is -2.18. The van der Waals surface area contributed by atoms with Crippen molar-refractivity contribution in [1.29, 1.82) is 0 Å². The van der Waals surface area contributed by atoms with Gasteiger partial charge in [-0.1, -0.05) is 11.6 Å². The fraction of sp³-hybridized carbons (Fsp3) is 0.385. The zero-order valence-electron chi connectivity index (χ0n) is 10.3. The van der Waals surface area contributed by atoms with E-state index in [4.69, 9.17) is 16.7 Å². The van der Waals surface area contributed by atoms with Crippen LogP contribution in [0.3, 0.4) is 0 Å². The van der Waals surface area contributed by atoms with Gasteiger partial charge in [-0.25, -0.2) is 4.79 Å². The SMILES string of the molecule is O=C(CC1CCNC1)Nc1cc(C(=O)O)ccc1Cl. The summed E-state index contributed by atoms with van der Waals surface area (Å²) in [6.45, 7) is 1.78. The lowest BCUT2D eigenvalue weighted by molar-refractivity contribution is -0.116. The van der Waals surface area contributed by atoms with Gasteiger partial charge in [-0.3, -0.25) is 4.79 Å². The van der Waals surface area contributed by atoms with Crippen molar-refractivity contribution in [3.63, 3.8) is 0 Å². The first-order valence-corrected chi connectivity index (χ1v) is 6.47. The predicted octanol–water partition coefficient (Wildman–Crippen LogP) is 1.98. The molecule has 1 amide bonds. The van der Waals surface area contributed by atoms with Crippen LogP contribution in [0.5, 0.6) is 0 Å². The number of benzene rings is 1. The highest BCUT2D eigenvalue weighted by Crippen LogP contribution is 2.24. The normalized spacial score (nSPS) is 18.3. The molecule has 1 aromatic rings. The van der Waals surface area contributed by atoms with Crippen LogP contribution in [0.2, 0.25) is 5.02 Å². The topological polar surface area (TPSA) is 78.4 Å². The van der Waals surface area contributed by atoms with E-state index in [9.17, 15) is 9.59 Å². The Balaban J connectivity index is 2.02. The van der Waals surface area contributed by atoms with Crippen molar-refractivity contribution < 1.29 is 14.7 Å². The zero-order valence-corrected chi connectivity index (χ0v) is 11.0. The maximum absolute atomic E-state index is 11.9. The number of carbonyl (C=O) groups excluding carboxylic acids is 1. The fourth-order valence-electron chi connectivity index (χ4n) is 2.11.